The van der Waals surface area contributed by atoms with Crippen LogP contribution in [0.5, 0.6) is 0 Å². The Morgan fingerprint density at radius 1 is 0.165 bits per heavy atom. The first-order valence-electron chi connectivity index (χ1n) is 35.4. The van der Waals surface area contributed by atoms with Gasteiger partial charge in [0.1, 0.15) is 0 Å². The molecule has 500 valence electrons. The summed E-state index contributed by atoms with van der Waals surface area (Å²) in [4.78, 5) is 11.6. The molecule has 0 N–H and O–H groups in total. The van der Waals surface area contributed by atoms with Gasteiger partial charge in [-0.15, -0.1) is 0 Å². The van der Waals surface area contributed by atoms with Gasteiger partial charge in [0.15, 0.2) is 8.32 Å². The van der Waals surface area contributed by atoms with Crippen LogP contribution < -0.4 is 29.7 Å². The first-order valence-corrected chi connectivity index (χ1v) is 41.7. The summed E-state index contributed by atoms with van der Waals surface area (Å²) in [5.74, 6) is 0. The van der Waals surface area contributed by atoms with E-state index in [1.165, 1.54) is 5.19 Å². The van der Waals surface area contributed by atoms with Crippen molar-refractivity contribution in [2.75, 3.05) is 24.5 Å². The van der Waals surface area contributed by atoms with Crippen molar-refractivity contribution in [2.45, 2.75) is 32.7 Å². The zero-order chi connectivity index (χ0) is 70.1. The minimum Gasteiger partial charge on any atom is -0.452 e. The summed E-state index contributed by atoms with van der Waals surface area (Å²) in [6.07, 6.45) is 0. The minimum atomic E-state index is -2.27. The van der Waals surface area contributed by atoms with Crippen molar-refractivity contribution in [3.63, 3.8) is 0 Å². The third kappa shape index (κ3) is 15.1. The Kier molecular flexibility index (Phi) is 19.3. The lowest BCUT2D eigenvalue weighted by molar-refractivity contribution is 0.566. The van der Waals surface area contributed by atoms with Crippen LogP contribution in [0.1, 0.15) is 0 Å². The second-order valence-electron chi connectivity index (χ2n) is 27.3. The molecule has 8 heteroatoms. The smallest absolute Gasteiger partial charge is 0.205 e. The summed E-state index contributed by atoms with van der Waals surface area (Å²) in [6, 6.07) is 144. The zero-order valence-electron chi connectivity index (χ0n) is 58.7. The van der Waals surface area contributed by atoms with Gasteiger partial charge in [-0.3, -0.25) is 0 Å². The summed E-state index contributed by atoms with van der Waals surface area (Å²) in [7, 11) is -4.11. The molecule has 0 saturated heterocycles. The van der Waals surface area contributed by atoms with Gasteiger partial charge in [0, 0.05) is 85.3 Å². The third-order valence-electron chi connectivity index (χ3n) is 18.8. The molecular formula is C95H81N5OSi2. The molecule has 0 aliphatic rings. The molecule has 0 aliphatic carbocycles. The SMILES string of the molecule is C[Si](C)(C)O[Si](C)(C)c1cccc(N(c2ccc(-c3ccc(N(c4ccccc4)c4ccc(-c5ccc(N(c6ccccc6)c6ccccc6)cc5)cc4)cc3)cc2)c2ccc(-c3ccc(N(c4ccccc4)c4ccc(-c5ccc(N(c6ccccc6)c6ccccc6)cc5)cc4)cc3)cc2)c1. The van der Waals surface area contributed by atoms with E-state index in [0.29, 0.717) is 0 Å². The molecule has 6 nitrogen and oxygen atoms in total. The first-order chi connectivity index (χ1) is 50.4. The van der Waals surface area contributed by atoms with Crippen LogP contribution in [0, 0.1) is 0 Å². The summed E-state index contributed by atoms with van der Waals surface area (Å²) < 4.78 is 6.99. The highest BCUT2D eigenvalue weighted by atomic mass is 28.4. The molecule has 0 fully saturated rings. The fourth-order valence-corrected chi connectivity index (χ4v) is 21.6. The van der Waals surface area contributed by atoms with Crippen LogP contribution in [-0.4, -0.2) is 16.6 Å². The topological polar surface area (TPSA) is 25.4 Å². The summed E-state index contributed by atoms with van der Waals surface area (Å²) in [5.41, 5.74) is 25.5. The maximum absolute atomic E-state index is 6.99. The number of hydrogen-bond acceptors (Lipinski definition) is 6. The third-order valence-corrected chi connectivity index (χ3v) is 25.0. The maximum atomic E-state index is 6.99. The Morgan fingerprint density at radius 3 is 0.495 bits per heavy atom. The number of nitrogens with zero attached hydrogens (tertiary/aromatic N) is 5. The molecular weight excluding hydrogens is 1280 g/mol. The Labute approximate surface area is 609 Å². The lowest BCUT2D eigenvalue weighted by atomic mass is 10.0. The average Bonchev–Trinajstić information content (AvgIpc) is 0.796. The molecule has 0 amide bonds. The molecule has 0 radical (unpaired) electrons. The Bertz CT molecular complexity index is 4850. The van der Waals surface area contributed by atoms with Crippen molar-refractivity contribution < 1.29 is 4.12 Å². The Hall–Kier alpha value is -12.3. The van der Waals surface area contributed by atoms with Crippen LogP contribution >= 0.6 is 0 Å². The van der Waals surface area contributed by atoms with Crippen molar-refractivity contribution in [3.05, 3.63) is 400 Å². The van der Waals surface area contributed by atoms with E-state index in [0.717, 1.165) is 130 Å². The highest BCUT2D eigenvalue weighted by Crippen LogP contribution is 2.43. The van der Waals surface area contributed by atoms with Crippen LogP contribution in [0.2, 0.25) is 32.7 Å². The quantitative estimate of drug-likeness (QED) is 0.0628. The number of hydrogen-bond donors (Lipinski definition) is 0. The van der Waals surface area contributed by atoms with Crippen molar-refractivity contribution in [1.82, 2.24) is 0 Å². The summed E-state index contributed by atoms with van der Waals surface area (Å²) >= 11 is 0. The average molecular weight is 1360 g/mol. The van der Waals surface area contributed by atoms with E-state index >= 15 is 0 Å². The molecule has 0 heterocycles. The second kappa shape index (κ2) is 29.9. The molecule has 0 saturated carbocycles. The Balaban J connectivity index is 0.679. The van der Waals surface area contributed by atoms with E-state index in [-0.39, 0.29) is 0 Å². The number of anilines is 15. The summed E-state index contributed by atoms with van der Waals surface area (Å²) in [6.45, 7) is 11.5. The number of para-hydroxylation sites is 6. The first kappa shape index (κ1) is 66.6. The van der Waals surface area contributed by atoms with Gasteiger partial charge in [0.25, 0.3) is 0 Å². The fourth-order valence-electron chi connectivity index (χ4n) is 14.0. The van der Waals surface area contributed by atoms with Gasteiger partial charge in [-0.05, 0) is 264 Å². The molecule has 0 atom stereocenters. The van der Waals surface area contributed by atoms with Gasteiger partial charge in [-0.1, -0.05) is 218 Å². The molecule has 0 spiro atoms. The van der Waals surface area contributed by atoms with E-state index in [9.17, 15) is 0 Å². The molecule has 103 heavy (non-hydrogen) atoms. The van der Waals surface area contributed by atoms with E-state index in [1.807, 2.05) is 0 Å². The molecule has 0 aliphatic heterocycles. The van der Waals surface area contributed by atoms with Gasteiger partial charge < -0.3 is 28.6 Å². The standard InChI is InChI=1S/C95H81N5OSi2/c1-102(2,3)101-103(4,5)95-38-24-37-94(71-95)100(92-67-51-78(52-68-92)76-47-63-90(64-48-76)98(84-33-20-10-21-34-84)88-59-43-74(44-60-88)72-39-55-86(56-40-72)96(80-25-12-6-13-26-80)81-27-14-7-15-28-81)93-69-53-79(54-70-93)77-49-65-91(66-50-77)99(85-35-22-11-23-36-85)89-61-45-75(46-62-89)73-41-57-87(58-42-73)97(82-29-16-8-17-30-82)83-31-18-9-19-32-83/h6-71H,1-5H3. The van der Waals surface area contributed by atoms with E-state index in [2.05, 4.69) is 458 Å². The van der Waals surface area contributed by atoms with Crippen molar-refractivity contribution in [2.24, 2.45) is 0 Å². The van der Waals surface area contributed by atoms with Crippen LogP contribution in [-0.2, 0) is 4.12 Å². The lowest BCUT2D eigenvalue weighted by Gasteiger charge is -2.33. The number of benzene rings is 15. The molecule has 0 bridgehead atoms. The van der Waals surface area contributed by atoms with Crippen LogP contribution in [0.4, 0.5) is 85.3 Å². The monoisotopic (exact) mass is 1360 g/mol. The predicted molar refractivity (Wildman–Crippen MR) is 443 cm³/mol. The maximum Gasteiger partial charge on any atom is 0.205 e. The normalized spacial score (nSPS) is 11.4. The second-order valence-corrected chi connectivity index (χ2v) is 36.0. The van der Waals surface area contributed by atoms with Crippen molar-refractivity contribution >= 4 is 107 Å². The van der Waals surface area contributed by atoms with Crippen LogP contribution in [0.25, 0.3) is 44.5 Å². The lowest BCUT2D eigenvalue weighted by Crippen LogP contribution is -2.51. The van der Waals surface area contributed by atoms with E-state index in [1.54, 1.807) is 0 Å². The van der Waals surface area contributed by atoms with Gasteiger partial charge in [-0.2, -0.15) is 0 Å². The molecule has 0 unspecified atom stereocenters. The van der Waals surface area contributed by atoms with E-state index < -0.39 is 16.6 Å². The molecule has 15 rings (SSSR count). The largest absolute Gasteiger partial charge is 0.452 e. The highest BCUT2D eigenvalue weighted by molar-refractivity contribution is 6.92. The van der Waals surface area contributed by atoms with Crippen LogP contribution in [0.3, 0.4) is 0 Å². The molecule has 15 aromatic carbocycles. The van der Waals surface area contributed by atoms with Crippen molar-refractivity contribution in [3.8, 4) is 44.5 Å². The summed E-state index contributed by atoms with van der Waals surface area (Å²) in [5, 5.41) is 1.27. The van der Waals surface area contributed by atoms with Gasteiger partial charge in [0.05, 0.1) is 0 Å². The predicted octanol–water partition coefficient (Wildman–Crippen LogP) is 27.0. The number of rotatable bonds is 22. The van der Waals surface area contributed by atoms with Gasteiger partial charge in [-0.25, -0.2) is 0 Å². The molecule has 15 aromatic rings. The zero-order valence-corrected chi connectivity index (χ0v) is 60.7. The van der Waals surface area contributed by atoms with E-state index in [4.69, 9.17) is 4.12 Å². The van der Waals surface area contributed by atoms with Gasteiger partial charge in [0.2, 0.25) is 8.32 Å². The van der Waals surface area contributed by atoms with Gasteiger partial charge >= 0.3 is 0 Å². The minimum absolute atomic E-state index is 1.07. The Morgan fingerprint density at radius 2 is 0.320 bits per heavy atom. The van der Waals surface area contributed by atoms with Crippen molar-refractivity contribution in [1.29, 1.82) is 0 Å². The molecule has 0 aromatic heterocycles. The van der Waals surface area contributed by atoms with Crippen LogP contribution in [0.15, 0.2) is 400 Å². The highest BCUT2D eigenvalue weighted by Gasteiger charge is 2.32. The fraction of sp³-hybridized carbons (Fsp3) is 0.0526.